The number of aromatic nitrogens is 1. The number of hydrogen-bond donors (Lipinski definition) is 0. The third-order valence-electron chi connectivity index (χ3n) is 2.52. The molecule has 1 aromatic rings. The summed E-state index contributed by atoms with van der Waals surface area (Å²) < 4.78 is 6.85. The molecule has 0 aliphatic carbocycles. The fraction of sp³-hybridized carbons (Fsp3) is 0.588. The van der Waals surface area contributed by atoms with E-state index in [9.17, 15) is 9.59 Å². The first-order valence-electron chi connectivity index (χ1n) is 8.28. The van der Waals surface area contributed by atoms with Gasteiger partial charge in [0.2, 0.25) is 0 Å². The van der Waals surface area contributed by atoms with Crippen molar-refractivity contribution in [3.05, 3.63) is 24.0 Å². The van der Waals surface area contributed by atoms with Crippen molar-refractivity contribution in [3.8, 4) is 0 Å². The number of carbonyl (C=O) groups excluding carboxylic acids is 2. The average molecular weight is 468 g/mol. The van der Waals surface area contributed by atoms with E-state index in [4.69, 9.17) is 4.74 Å². The van der Waals surface area contributed by atoms with E-state index < -0.39 is 0 Å². The molecule has 0 N–H and O–H groups in total. The maximum absolute atomic E-state index is 11.6. The van der Waals surface area contributed by atoms with Gasteiger partial charge in [0.25, 0.3) is 0 Å². The Balaban J connectivity index is 0. The lowest BCUT2D eigenvalue weighted by Gasteiger charge is -2.21. The van der Waals surface area contributed by atoms with Gasteiger partial charge >= 0.3 is 5.97 Å². The SMILES string of the molecule is CC.CC.CCOC(=O)CCCN(SI)c1cccnc1C(C)=O. The lowest BCUT2D eigenvalue weighted by molar-refractivity contribution is -0.143. The molecule has 7 heteroatoms. The van der Waals surface area contributed by atoms with E-state index in [0.29, 0.717) is 31.7 Å². The first-order valence-corrected chi connectivity index (χ1v) is 11.6. The highest BCUT2D eigenvalue weighted by Gasteiger charge is 2.15. The van der Waals surface area contributed by atoms with Crippen molar-refractivity contribution in [2.75, 3.05) is 17.5 Å². The number of carbonyl (C=O) groups is 2. The smallest absolute Gasteiger partial charge is 0.305 e. The fourth-order valence-corrected chi connectivity index (χ4v) is 3.31. The Hall–Kier alpha value is -0.830. The molecule has 0 saturated heterocycles. The zero-order valence-corrected chi connectivity index (χ0v) is 18.4. The van der Waals surface area contributed by atoms with Crippen LogP contribution in [0.1, 0.15) is 64.9 Å². The van der Waals surface area contributed by atoms with Gasteiger partial charge in [0.15, 0.2) is 5.78 Å². The Morgan fingerprint density at radius 2 is 1.92 bits per heavy atom. The van der Waals surface area contributed by atoms with Gasteiger partial charge in [-0.1, -0.05) is 27.7 Å². The molecule has 0 saturated carbocycles. The molecule has 1 heterocycles. The Kier molecular flexibility index (Phi) is 18.0. The van der Waals surface area contributed by atoms with Crippen LogP contribution in [-0.4, -0.2) is 29.9 Å². The van der Waals surface area contributed by atoms with Gasteiger partial charge in [0.05, 0.1) is 12.3 Å². The Morgan fingerprint density at radius 3 is 2.42 bits per heavy atom. The predicted octanol–water partition coefficient (Wildman–Crippen LogP) is 5.48. The van der Waals surface area contributed by atoms with Crippen LogP contribution in [0.5, 0.6) is 0 Å². The van der Waals surface area contributed by atoms with Crippen molar-refractivity contribution in [1.82, 2.24) is 4.98 Å². The van der Waals surface area contributed by atoms with Crippen LogP contribution in [0.2, 0.25) is 0 Å². The minimum atomic E-state index is -0.191. The Morgan fingerprint density at radius 1 is 1.29 bits per heavy atom. The molecule has 24 heavy (non-hydrogen) atoms. The summed E-state index contributed by atoms with van der Waals surface area (Å²) in [5, 5.41) is 0. The van der Waals surface area contributed by atoms with Crippen LogP contribution in [-0.2, 0) is 9.53 Å². The maximum atomic E-state index is 11.6. The van der Waals surface area contributed by atoms with E-state index in [1.54, 1.807) is 19.2 Å². The first-order chi connectivity index (χ1) is 11.6. The number of ketones is 1. The van der Waals surface area contributed by atoms with Crippen molar-refractivity contribution in [2.45, 2.75) is 54.4 Å². The molecule has 0 radical (unpaired) electrons. The molecule has 5 nitrogen and oxygen atoms in total. The van der Waals surface area contributed by atoms with Gasteiger partial charge in [-0.3, -0.25) is 14.6 Å². The summed E-state index contributed by atoms with van der Waals surface area (Å²) >= 11 is 2.15. The molecular formula is C17H29IN2O3S. The average Bonchev–Trinajstić information content (AvgIpc) is 2.62. The highest BCUT2D eigenvalue weighted by atomic mass is 127. The third kappa shape index (κ3) is 10.1. The number of rotatable bonds is 8. The highest BCUT2D eigenvalue weighted by molar-refractivity contribution is 14.2. The molecule has 0 amide bonds. The Bertz CT molecular complexity index is 473. The van der Waals surface area contributed by atoms with E-state index in [2.05, 4.69) is 26.2 Å². The number of Topliss-reactive ketones (excluding diaryl/α,β-unsaturated/α-hetero) is 1. The minimum absolute atomic E-state index is 0.0681. The topological polar surface area (TPSA) is 59.5 Å². The number of hydrogen-bond acceptors (Lipinski definition) is 6. The van der Waals surface area contributed by atoms with Crippen LogP contribution in [0, 0.1) is 0 Å². The monoisotopic (exact) mass is 468 g/mol. The van der Waals surface area contributed by atoms with Crippen molar-refractivity contribution >= 4 is 47.8 Å². The van der Waals surface area contributed by atoms with Crippen LogP contribution in [0.15, 0.2) is 18.3 Å². The van der Waals surface area contributed by atoms with E-state index in [1.165, 1.54) is 16.0 Å². The summed E-state index contributed by atoms with van der Waals surface area (Å²) in [7, 11) is 1.48. The largest absolute Gasteiger partial charge is 0.466 e. The summed E-state index contributed by atoms with van der Waals surface area (Å²) in [5.74, 6) is -0.259. The lowest BCUT2D eigenvalue weighted by atomic mass is 10.2. The van der Waals surface area contributed by atoms with Crippen LogP contribution in [0.4, 0.5) is 5.69 Å². The predicted molar refractivity (Wildman–Crippen MR) is 112 cm³/mol. The minimum Gasteiger partial charge on any atom is -0.466 e. The number of anilines is 1. The van der Waals surface area contributed by atoms with Crippen LogP contribution in [0.25, 0.3) is 0 Å². The van der Waals surface area contributed by atoms with Gasteiger partial charge in [-0.05, 0) is 25.5 Å². The second-order valence-corrected chi connectivity index (χ2v) is 5.77. The second kappa shape index (κ2) is 17.0. The number of esters is 1. The molecule has 0 bridgehead atoms. The highest BCUT2D eigenvalue weighted by Crippen LogP contribution is 2.29. The van der Waals surface area contributed by atoms with Gasteiger partial charge in [-0.25, -0.2) is 0 Å². The van der Waals surface area contributed by atoms with E-state index >= 15 is 0 Å². The Labute approximate surface area is 162 Å². The second-order valence-electron chi connectivity index (χ2n) is 4.01. The summed E-state index contributed by atoms with van der Waals surface area (Å²) in [6.07, 6.45) is 2.65. The molecule has 1 rings (SSSR count). The normalized spacial score (nSPS) is 8.96. The van der Waals surface area contributed by atoms with Gasteiger partial charge in [0.1, 0.15) is 5.69 Å². The van der Waals surface area contributed by atoms with E-state index in [1.807, 2.05) is 38.1 Å². The number of ether oxygens (including phenoxy) is 1. The number of pyridine rings is 1. The molecule has 0 atom stereocenters. The van der Waals surface area contributed by atoms with Crippen molar-refractivity contribution in [1.29, 1.82) is 0 Å². The summed E-state index contributed by atoms with van der Waals surface area (Å²) in [6.45, 7) is 12.3. The summed E-state index contributed by atoms with van der Waals surface area (Å²) in [4.78, 5) is 27.0. The molecule has 0 spiro atoms. The molecule has 0 aliphatic rings. The molecular weight excluding hydrogens is 439 g/mol. The fourth-order valence-electron chi connectivity index (χ4n) is 1.66. The zero-order valence-electron chi connectivity index (χ0n) is 15.5. The number of nitrogens with zero attached hydrogens (tertiary/aromatic N) is 2. The van der Waals surface area contributed by atoms with Gasteiger partial charge < -0.3 is 9.04 Å². The quantitative estimate of drug-likeness (QED) is 0.218. The van der Waals surface area contributed by atoms with E-state index in [0.717, 1.165) is 5.69 Å². The lowest BCUT2D eigenvalue weighted by Crippen LogP contribution is -2.19. The summed E-state index contributed by atoms with van der Waals surface area (Å²) in [5.41, 5.74) is 1.23. The van der Waals surface area contributed by atoms with Crippen LogP contribution >= 0.6 is 30.3 Å². The number of halogens is 1. The standard InChI is InChI=1S/C13H17IN2O3S.2C2H6/c1-3-19-12(18)7-5-9-16(20-14)11-6-4-8-15-13(11)10(2)17;2*1-2/h4,6,8H,3,5,7,9H2,1-2H3;2*1-2H3. The maximum Gasteiger partial charge on any atom is 0.305 e. The van der Waals surface area contributed by atoms with E-state index in [-0.39, 0.29) is 11.8 Å². The molecule has 0 aliphatic heterocycles. The molecule has 0 unspecified atom stereocenters. The van der Waals surface area contributed by atoms with Crippen molar-refractivity contribution in [3.63, 3.8) is 0 Å². The third-order valence-corrected chi connectivity index (χ3v) is 4.49. The van der Waals surface area contributed by atoms with Gasteiger partial charge in [0, 0.05) is 56.4 Å². The molecule has 1 aromatic heterocycles. The van der Waals surface area contributed by atoms with Crippen LogP contribution in [0.3, 0.4) is 0 Å². The summed E-state index contributed by atoms with van der Waals surface area (Å²) in [6, 6.07) is 3.66. The zero-order chi connectivity index (χ0) is 19.0. The first kappa shape index (κ1) is 25.4. The molecule has 0 aromatic carbocycles. The molecule has 138 valence electrons. The van der Waals surface area contributed by atoms with Gasteiger partial charge in [-0.15, -0.1) is 0 Å². The van der Waals surface area contributed by atoms with Gasteiger partial charge in [-0.2, -0.15) is 0 Å². The van der Waals surface area contributed by atoms with Crippen LogP contribution < -0.4 is 4.31 Å². The molecule has 0 fully saturated rings. The van der Waals surface area contributed by atoms with Crippen molar-refractivity contribution < 1.29 is 14.3 Å². The van der Waals surface area contributed by atoms with Crippen molar-refractivity contribution in [2.24, 2.45) is 0 Å².